The minimum atomic E-state index is 0.445. The maximum Gasteiger partial charge on any atom is 0.0993 e. The Morgan fingerprint density at radius 1 is 0.264 bits per heavy atom. The van der Waals surface area contributed by atoms with Gasteiger partial charge in [0.2, 0.25) is 0 Å². The first-order valence-corrected chi connectivity index (χ1v) is 23.1. The van der Waals surface area contributed by atoms with Gasteiger partial charge in [-0.25, -0.2) is 0 Å². The monoisotopic (exact) mass is 914 g/mol. The average Bonchev–Trinajstić information content (AvgIpc) is 3.96. The molecule has 12 rings (SSSR count). The maximum absolute atomic E-state index is 11.2. The van der Waals surface area contributed by atoms with Crippen LogP contribution in [0.2, 0.25) is 0 Å². The zero-order chi connectivity index (χ0) is 48.9. The molecule has 0 spiro atoms. The van der Waals surface area contributed by atoms with Crippen LogP contribution in [-0.4, -0.2) is 14.1 Å². The van der Waals surface area contributed by atoms with Crippen LogP contribution in [0.15, 0.2) is 207 Å². The first-order chi connectivity index (χ1) is 35.4. The molecule has 0 saturated carbocycles. The molecule has 0 aliphatic carbocycles. The molecule has 8 heteroatoms. The molecule has 0 unspecified atom stereocenters. The van der Waals surface area contributed by atoms with Crippen LogP contribution in [0, 0.1) is 56.7 Å². The molecule has 0 aliphatic rings. The molecule has 0 bridgehead atoms. The topological polar surface area (TPSA) is 142 Å². The van der Waals surface area contributed by atoms with Gasteiger partial charge in [-0.05, 0) is 147 Å². The van der Waals surface area contributed by atoms with Crippen molar-refractivity contribution in [2.45, 2.75) is 0 Å². The molecule has 330 valence electrons. The second kappa shape index (κ2) is 17.4. The Kier molecular flexibility index (Phi) is 10.3. The third kappa shape index (κ3) is 7.17. The average molecular weight is 915 g/mol. The van der Waals surface area contributed by atoms with E-state index in [0.29, 0.717) is 27.8 Å². The number of nitrogens with zero attached hydrogens (tertiary/aromatic N) is 8. The van der Waals surface area contributed by atoms with Crippen molar-refractivity contribution in [3.8, 4) is 97.4 Å². The van der Waals surface area contributed by atoms with Gasteiger partial charge in [-0.1, -0.05) is 97.1 Å². The van der Waals surface area contributed by atoms with E-state index >= 15 is 0 Å². The smallest absolute Gasteiger partial charge is 0.0993 e. The highest BCUT2D eigenvalue weighted by molar-refractivity contribution is 6.14. The summed E-state index contributed by atoms with van der Waals surface area (Å²) >= 11 is 0. The molecule has 12 aromatic rings. The Hall–Kier alpha value is -10.8. The van der Waals surface area contributed by atoms with Gasteiger partial charge in [0, 0.05) is 39.5 Å². The van der Waals surface area contributed by atoms with E-state index in [1.54, 1.807) is 12.4 Å². The van der Waals surface area contributed by atoms with Crippen LogP contribution >= 0.6 is 0 Å². The predicted octanol–water partition coefficient (Wildman–Crippen LogP) is 15.0. The van der Waals surface area contributed by atoms with Gasteiger partial charge in [-0.2, -0.15) is 26.3 Å². The second-order valence-corrected chi connectivity index (χ2v) is 17.6. The number of fused-ring (bicyclic) bond motifs is 6. The number of rotatable bonds is 7. The predicted molar refractivity (Wildman–Crippen MR) is 284 cm³/mol. The van der Waals surface area contributed by atoms with Crippen LogP contribution in [0.5, 0.6) is 0 Å². The summed E-state index contributed by atoms with van der Waals surface area (Å²) < 4.78 is 4.53. The SMILES string of the molecule is N#Cc1ccc(-c2ccc3c4ccc(-c5ccc(C#N)cc5)cc4n(-c4cc(C#N)cc(-n5c6cc(-c7ccc(C#N)cc7)ccc6c6ccc(-c7ccc(C#N)cc7)cc65)c4-c4ccncc4)c3c2)cc1. The van der Waals surface area contributed by atoms with Crippen LogP contribution in [0.4, 0.5) is 0 Å². The van der Waals surface area contributed by atoms with E-state index in [1.165, 1.54) is 0 Å². The lowest BCUT2D eigenvalue weighted by molar-refractivity contribution is 1.13. The molecule has 3 aromatic heterocycles. The third-order valence-electron chi connectivity index (χ3n) is 13.6. The van der Waals surface area contributed by atoms with Gasteiger partial charge < -0.3 is 9.13 Å². The molecule has 72 heavy (non-hydrogen) atoms. The van der Waals surface area contributed by atoms with Crippen molar-refractivity contribution in [1.29, 1.82) is 26.3 Å². The third-order valence-corrected chi connectivity index (χ3v) is 13.6. The summed E-state index contributed by atoms with van der Waals surface area (Å²) in [5.74, 6) is 0. The lowest BCUT2D eigenvalue weighted by atomic mass is 9.98. The summed E-state index contributed by atoms with van der Waals surface area (Å²) in [6, 6.07) is 75.5. The zero-order valence-corrected chi connectivity index (χ0v) is 38.2. The van der Waals surface area contributed by atoms with Crippen LogP contribution in [0.3, 0.4) is 0 Å². The molecule has 9 aromatic carbocycles. The fourth-order valence-corrected chi connectivity index (χ4v) is 10.1. The Morgan fingerprint density at radius 2 is 0.528 bits per heavy atom. The van der Waals surface area contributed by atoms with E-state index in [4.69, 9.17) is 0 Å². The molecular formula is C64H34N8. The highest BCUT2D eigenvalue weighted by atomic mass is 15.0. The van der Waals surface area contributed by atoms with Crippen LogP contribution in [0.25, 0.3) is 111 Å². The highest BCUT2D eigenvalue weighted by Crippen LogP contribution is 2.45. The van der Waals surface area contributed by atoms with Crippen molar-refractivity contribution in [1.82, 2.24) is 14.1 Å². The molecule has 0 radical (unpaired) electrons. The summed E-state index contributed by atoms with van der Waals surface area (Å²) in [5.41, 5.74) is 17.3. The summed E-state index contributed by atoms with van der Waals surface area (Å²) in [5, 5.41) is 53.7. The van der Waals surface area contributed by atoms with Crippen molar-refractivity contribution in [2.24, 2.45) is 0 Å². The lowest BCUT2D eigenvalue weighted by Crippen LogP contribution is -2.05. The highest BCUT2D eigenvalue weighted by Gasteiger charge is 2.25. The Balaban J connectivity index is 1.21. The normalized spacial score (nSPS) is 11.0. The van der Waals surface area contributed by atoms with Gasteiger partial charge in [-0.3, -0.25) is 4.98 Å². The van der Waals surface area contributed by atoms with Crippen molar-refractivity contribution < 1.29 is 0 Å². The molecule has 3 heterocycles. The van der Waals surface area contributed by atoms with Crippen LogP contribution in [-0.2, 0) is 0 Å². The molecule has 0 fully saturated rings. The van der Waals surface area contributed by atoms with Gasteiger partial charge >= 0.3 is 0 Å². The summed E-state index contributed by atoms with van der Waals surface area (Å²) in [7, 11) is 0. The minimum Gasteiger partial charge on any atom is -0.308 e. The van der Waals surface area contributed by atoms with E-state index in [0.717, 1.165) is 111 Å². The fraction of sp³-hybridized carbons (Fsp3) is 0. The lowest BCUT2D eigenvalue weighted by Gasteiger charge is -2.21. The van der Waals surface area contributed by atoms with Crippen LogP contribution in [0.1, 0.15) is 27.8 Å². The van der Waals surface area contributed by atoms with Gasteiger partial charge in [0.1, 0.15) is 0 Å². The van der Waals surface area contributed by atoms with E-state index in [9.17, 15) is 26.3 Å². The largest absolute Gasteiger partial charge is 0.308 e. The quantitative estimate of drug-likeness (QED) is 0.156. The van der Waals surface area contributed by atoms with Gasteiger partial charge in [0.25, 0.3) is 0 Å². The zero-order valence-electron chi connectivity index (χ0n) is 38.2. The molecule has 0 N–H and O–H groups in total. The first-order valence-electron chi connectivity index (χ1n) is 23.1. The van der Waals surface area contributed by atoms with Crippen molar-refractivity contribution in [3.05, 3.63) is 234 Å². The number of benzene rings is 9. The van der Waals surface area contributed by atoms with Crippen LogP contribution < -0.4 is 0 Å². The number of pyridine rings is 1. The molecule has 0 atom stereocenters. The fourth-order valence-electron chi connectivity index (χ4n) is 10.1. The minimum absolute atomic E-state index is 0.445. The van der Waals surface area contributed by atoms with E-state index in [2.05, 4.69) is 117 Å². The number of hydrogen-bond acceptors (Lipinski definition) is 6. The van der Waals surface area contributed by atoms with Crippen molar-refractivity contribution in [3.63, 3.8) is 0 Å². The molecular weight excluding hydrogens is 881 g/mol. The molecule has 0 aliphatic heterocycles. The second-order valence-electron chi connectivity index (χ2n) is 17.6. The molecule has 0 saturated heterocycles. The van der Waals surface area contributed by atoms with E-state index in [1.807, 2.05) is 121 Å². The Labute approximate surface area is 413 Å². The van der Waals surface area contributed by atoms with Crippen molar-refractivity contribution in [2.75, 3.05) is 0 Å². The number of nitriles is 5. The summed E-state index contributed by atoms with van der Waals surface area (Å²) in [4.78, 5) is 4.47. The van der Waals surface area contributed by atoms with Crippen molar-refractivity contribution >= 4 is 43.6 Å². The number of aromatic nitrogens is 3. The van der Waals surface area contributed by atoms with Gasteiger partial charge in [0.15, 0.2) is 0 Å². The van der Waals surface area contributed by atoms with Gasteiger partial charge in [-0.15, -0.1) is 0 Å². The Morgan fingerprint density at radius 3 is 0.792 bits per heavy atom. The summed E-state index contributed by atoms with van der Waals surface area (Å²) in [6.45, 7) is 0. The Bertz CT molecular complexity index is 3910. The number of hydrogen-bond donors (Lipinski definition) is 0. The standard InChI is InChI=1S/C64H34N8/c65-35-40-1-9-45(10-2-40)50-17-21-54-55-22-18-51(46-11-3-41(36-66)4-12-46)32-59(55)71(58(54)31-50)62-29-44(39-69)30-63(64(62)49-25-27-70-28-26-49)72-60-33-52(47-13-5-42(37-67)6-14-47)19-23-56(60)57-24-20-53(34-61(57)72)48-15-7-43(38-68)8-16-48/h1-34H. The summed E-state index contributed by atoms with van der Waals surface area (Å²) in [6.07, 6.45) is 3.58. The first kappa shape index (κ1) is 42.5. The van der Waals surface area contributed by atoms with E-state index < -0.39 is 0 Å². The molecule has 8 nitrogen and oxygen atoms in total. The van der Waals surface area contributed by atoms with E-state index in [-0.39, 0.29) is 0 Å². The van der Waals surface area contributed by atoms with Gasteiger partial charge in [0.05, 0.1) is 91.6 Å². The maximum atomic E-state index is 11.2. The molecule has 0 amide bonds.